The van der Waals surface area contributed by atoms with Gasteiger partial charge in [-0.25, -0.2) is 0 Å². The van der Waals surface area contributed by atoms with Gasteiger partial charge < -0.3 is 14.9 Å². The number of nitrogens with zero attached hydrogens (tertiary/aromatic N) is 2. The van der Waals surface area contributed by atoms with Crippen LogP contribution < -0.4 is 9.80 Å². The lowest BCUT2D eigenvalue weighted by molar-refractivity contribution is -0.136. The highest BCUT2D eigenvalue weighted by Gasteiger charge is 2.52. The number of aliphatic carboxylic acids is 1. The van der Waals surface area contributed by atoms with Gasteiger partial charge in [0.15, 0.2) is 0 Å². The van der Waals surface area contributed by atoms with Crippen molar-refractivity contribution in [2.75, 3.05) is 28.6 Å². The van der Waals surface area contributed by atoms with Crippen LogP contribution in [0.15, 0.2) is 121 Å². The summed E-state index contributed by atoms with van der Waals surface area (Å²) in [4.78, 5) is 16.1. The molecule has 0 aromatic heterocycles. The smallest absolute Gasteiger partial charge is 0.305 e. The third-order valence-electron chi connectivity index (χ3n) is 11.1. The lowest BCUT2D eigenvalue weighted by Crippen LogP contribution is -2.52. The molecule has 1 atom stereocenters. The maximum absolute atomic E-state index is 11.6. The minimum absolute atomic E-state index is 0.0421. The molecule has 0 radical (unpaired) electrons. The fourth-order valence-electron chi connectivity index (χ4n) is 8.25. The summed E-state index contributed by atoms with van der Waals surface area (Å²) < 4.78 is 32.1. The van der Waals surface area contributed by atoms with Crippen molar-refractivity contribution in [1.82, 2.24) is 0 Å². The third kappa shape index (κ3) is 6.75. The Morgan fingerprint density at radius 3 is 1.96 bits per heavy atom. The molecule has 8 heteroatoms. The molecule has 0 aliphatic carbocycles. The molecular weight excluding hydrogens is 657 g/mol. The van der Waals surface area contributed by atoms with E-state index in [0.29, 0.717) is 25.9 Å². The number of anilines is 2. The van der Waals surface area contributed by atoms with Gasteiger partial charge >= 0.3 is 5.97 Å². The number of hydrogen-bond donors (Lipinski definition) is 2. The minimum Gasteiger partial charge on any atom is -0.481 e. The first-order valence-corrected chi connectivity index (χ1v) is 19.3. The second kappa shape index (κ2) is 13.8. The van der Waals surface area contributed by atoms with Crippen LogP contribution in [0.25, 0.3) is 21.5 Å². The summed E-state index contributed by atoms with van der Waals surface area (Å²) >= 11 is 0. The number of carbonyl (C=O) groups is 1. The van der Waals surface area contributed by atoms with E-state index >= 15 is 0 Å². The minimum atomic E-state index is -4.01. The van der Waals surface area contributed by atoms with E-state index in [0.717, 1.165) is 17.1 Å². The first-order valence-electron chi connectivity index (χ1n) is 17.7. The predicted octanol–water partition coefficient (Wildman–Crippen LogP) is 9.34. The Kier molecular flexibility index (Phi) is 9.79. The average molecular weight is 705 g/mol. The Labute approximate surface area is 302 Å². The van der Waals surface area contributed by atoms with Gasteiger partial charge in [-0.1, -0.05) is 125 Å². The molecule has 1 unspecified atom stereocenters. The molecule has 6 rings (SSSR count). The van der Waals surface area contributed by atoms with Gasteiger partial charge in [-0.05, 0) is 70.6 Å². The zero-order chi connectivity index (χ0) is 36.6. The molecule has 0 fully saturated rings. The van der Waals surface area contributed by atoms with Gasteiger partial charge in [0.1, 0.15) is 0 Å². The highest BCUT2D eigenvalue weighted by atomic mass is 32.2. The van der Waals surface area contributed by atoms with Crippen LogP contribution in [0.1, 0.15) is 65.0 Å². The summed E-state index contributed by atoms with van der Waals surface area (Å²) in [5.41, 5.74) is 4.74. The highest BCUT2D eigenvalue weighted by molar-refractivity contribution is 7.85. The number of rotatable bonds is 12. The van der Waals surface area contributed by atoms with E-state index in [-0.39, 0.29) is 23.0 Å². The van der Waals surface area contributed by atoms with Gasteiger partial charge in [-0.15, -0.1) is 0 Å². The monoisotopic (exact) mass is 704 g/mol. The number of fused-ring (bicyclic) bond motifs is 6. The van der Waals surface area contributed by atoms with E-state index in [1.807, 2.05) is 30.4 Å². The molecule has 2 N–H and O–H groups in total. The van der Waals surface area contributed by atoms with Gasteiger partial charge in [0.2, 0.25) is 0 Å². The van der Waals surface area contributed by atoms with Crippen LogP contribution in [-0.2, 0) is 25.7 Å². The van der Waals surface area contributed by atoms with Crippen molar-refractivity contribution in [2.24, 2.45) is 0 Å². The van der Waals surface area contributed by atoms with Gasteiger partial charge in [0.05, 0.1) is 17.7 Å². The van der Waals surface area contributed by atoms with E-state index in [9.17, 15) is 22.9 Å². The van der Waals surface area contributed by atoms with Gasteiger partial charge in [0.25, 0.3) is 10.1 Å². The fraction of sp³-hybridized carbons (Fsp3) is 0.326. The number of carboxylic acids is 1. The molecule has 0 bridgehead atoms. The molecule has 7 nitrogen and oxygen atoms in total. The lowest BCUT2D eigenvalue weighted by Gasteiger charge is -2.43. The Balaban J connectivity index is 1.27. The van der Waals surface area contributed by atoms with Crippen LogP contribution in [0.4, 0.5) is 11.4 Å². The Bertz CT molecular complexity index is 2210. The topological polar surface area (TPSA) is 98.2 Å². The number of benzene rings is 4. The summed E-state index contributed by atoms with van der Waals surface area (Å²) in [5.74, 6) is -1.07. The molecule has 4 aromatic carbocycles. The van der Waals surface area contributed by atoms with Crippen LogP contribution in [0.5, 0.6) is 0 Å². The Morgan fingerprint density at radius 2 is 1.31 bits per heavy atom. The summed E-state index contributed by atoms with van der Waals surface area (Å²) in [5, 5.41) is 14.3. The molecule has 0 amide bonds. The van der Waals surface area contributed by atoms with E-state index in [1.165, 1.54) is 32.7 Å². The van der Waals surface area contributed by atoms with Crippen LogP contribution in [0, 0.1) is 0 Å². The standard InChI is InChI=1S/C43H48N2O5S/c1-41(2)37(44(29-26-38(46)47)35-24-22-31-17-10-12-19-33(31)39(35)41)21-9-7-6-8-14-27-43(5)42(3,4)40-34-20-13-11-18-32(34)23-25-36(40)45(43)28-15-16-30-51(48,49)50/h6-14,17-25,27H,15-16,26,28-30H2,1-5H3,(H,46,47)(H,48,49,50)/b8-6+,9-7+,27-14+,37-21+. The number of allylic oxidation sites excluding steroid dienone is 7. The Hall–Kier alpha value is -4.66. The largest absolute Gasteiger partial charge is 0.481 e. The normalized spacial score (nSPS) is 20.5. The van der Waals surface area contributed by atoms with E-state index in [2.05, 4.69) is 129 Å². The van der Waals surface area contributed by atoms with Crippen molar-refractivity contribution in [2.45, 2.75) is 70.3 Å². The summed E-state index contributed by atoms with van der Waals surface area (Å²) in [6, 6.07) is 25.4. The Morgan fingerprint density at radius 1 is 0.725 bits per heavy atom. The molecule has 2 heterocycles. The number of carboxylic acid groups (broad SMARTS) is 1. The SMILES string of the molecule is CC1(C)\C(=C/C=C/C=C/C=C/C2(C)N(CCCCS(=O)(=O)O)c3ccc4ccccc4c3C2(C)C)N(CCC(=O)O)c2ccc3ccccc3c21. The number of hydrogen-bond acceptors (Lipinski definition) is 5. The first kappa shape index (κ1) is 36.1. The van der Waals surface area contributed by atoms with Gasteiger partial charge in [-0.3, -0.25) is 9.35 Å². The second-order valence-electron chi connectivity index (χ2n) is 14.9. The summed E-state index contributed by atoms with van der Waals surface area (Å²) in [6.45, 7) is 12.2. The van der Waals surface area contributed by atoms with Gasteiger partial charge in [0, 0.05) is 41.0 Å². The van der Waals surface area contributed by atoms with Crippen molar-refractivity contribution in [3.8, 4) is 0 Å². The van der Waals surface area contributed by atoms with E-state index in [4.69, 9.17) is 0 Å². The van der Waals surface area contributed by atoms with Crippen molar-refractivity contribution in [3.05, 3.63) is 132 Å². The molecule has 0 saturated carbocycles. The molecule has 266 valence electrons. The zero-order valence-corrected chi connectivity index (χ0v) is 31.0. The highest BCUT2D eigenvalue weighted by Crippen LogP contribution is 2.55. The third-order valence-corrected chi connectivity index (χ3v) is 11.9. The molecule has 0 spiro atoms. The average Bonchev–Trinajstić information content (AvgIpc) is 3.40. The summed E-state index contributed by atoms with van der Waals surface area (Å²) in [6.07, 6.45) is 15.5. The van der Waals surface area contributed by atoms with Crippen molar-refractivity contribution in [1.29, 1.82) is 0 Å². The predicted molar refractivity (Wildman–Crippen MR) is 210 cm³/mol. The quantitative estimate of drug-likeness (QED) is 0.0862. The van der Waals surface area contributed by atoms with E-state index in [1.54, 1.807) is 0 Å². The molecular formula is C43H48N2O5S. The fourth-order valence-corrected chi connectivity index (χ4v) is 8.82. The maximum Gasteiger partial charge on any atom is 0.305 e. The van der Waals surface area contributed by atoms with Crippen LogP contribution in [0.2, 0.25) is 0 Å². The van der Waals surface area contributed by atoms with Crippen LogP contribution in [0.3, 0.4) is 0 Å². The molecule has 4 aromatic rings. The summed E-state index contributed by atoms with van der Waals surface area (Å²) in [7, 11) is -4.01. The van der Waals surface area contributed by atoms with Crippen LogP contribution >= 0.6 is 0 Å². The van der Waals surface area contributed by atoms with E-state index < -0.39 is 21.6 Å². The molecule has 0 saturated heterocycles. The molecule has 2 aliphatic rings. The van der Waals surface area contributed by atoms with Crippen LogP contribution in [-0.4, -0.2) is 48.4 Å². The maximum atomic E-state index is 11.6. The zero-order valence-electron chi connectivity index (χ0n) is 30.1. The van der Waals surface area contributed by atoms with Crippen molar-refractivity contribution >= 4 is 49.0 Å². The first-order chi connectivity index (χ1) is 24.2. The van der Waals surface area contributed by atoms with Crippen molar-refractivity contribution in [3.63, 3.8) is 0 Å². The van der Waals surface area contributed by atoms with Gasteiger partial charge in [-0.2, -0.15) is 8.42 Å². The second-order valence-corrected chi connectivity index (χ2v) is 16.5. The van der Waals surface area contributed by atoms with Crippen molar-refractivity contribution < 1.29 is 22.9 Å². The molecule has 51 heavy (non-hydrogen) atoms. The lowest BCUT2D eigenvalue weighted by atomic mass is 9.70. The molecule has 2 aliphatic heterocycles. The number of unbranched alkanes of at least 4 members (excludes halogenated alkanes) is 1.